The summed E-state index contributed by atoms with van der Waals surface area (Å²) in [5.41, 5.74) is 1.84. The number of fused-ring (bicyclic) bond motifs is 1. The number of carbonyl (C=O) groups is 1. The molecule has 0 spiro atoms. The van der Waals surface area contributed by atoms with Gasteiger partial charge in [-0.25, -0.2) is 13.4 Å². The molecule has 0 aliphatic heterocycles. The molecule has 0 radical (unpaired) electrons. The van der Waals surface area contributed by atoms with Gasteiger partial charge in [0.25, 0.3) is 15.9 Å². The highest BCUT2D eigenvalue weighted by molar-refractivity contribution is 9.10. The number of sulfonamides is 1. The lowest BCUT2D eigenvalue weighted by Gasteiger charge is -2.23. The standard InChI is InChI=1S/C27H29BrN4O3S2/c1-4-32(22-9-6-5-7-10-22)37(34,35)23-14-11-20(12-15-23)26(33)31(18-8-17-30(2)3)27-29-24-16-13-21(28)19-25(24)36-27/h5-7,9-16,19H,4,8,17-18H2,1-3H3. The lowest BCUT2D eigenvalue weighted by molar-refractivity contribution is 0.0986. The molecule has 10 heteroatoms. The van der Waals surface area contributed by atoms with E-state index in [2.05, 4.69) is 20.8 Å². The van der Waals surface area contributed by atoms with Gasteiger partial charge in [0.1, 0.15) is 0 Å². The molecule has 1 amide bonds. The highest BCUT2D eigenvalue weighted by atomic mass is 79.9. The fraction of sp³-hybridized carbons (Fsp3) is 0.259. The first kappa shape index (κ1) is 27.3. The molecule has 0 saturated heterocycles. The summed E-state index contributed by atoms with van der Waals surface area (Å²) in [6.07, 6.45) is 0.771. The minimum atomic E-state index is -3.78. The van der Waals surface area contributed by atoms with Crippen LogP contribution in [-0.4, -0.2) is 57.9 Å². The van der Waals surface area contributed by atoms with Crippen molar-refractivity contribution in [3.8, 4) is 0 Å². The molecule has 37 heavy (non-hydrogen) atoms. The van der Waals surface area contributed by atoms with Gasteiger partial charge in [0.15, 0.2) is 5.13 Å². The predicted molar refractivity (Wildman–Crippen MR) is 155 cm³/mol. The van der Waals surface area contributed by atoms with Gasteiger partial charge in [0.2, 0.25) is 0 Å². The van der Waals surface area contributed by atoms with Crippen LogP contribution in [-0.2, 0) is 10.0 Å². The zero-order valence-electron chi connectivity index (χ0n) is 21.0. The number of aromatic nitrogens is 1. The van der Waals surface area contributed by atoms with Gasteiger partial charge >= 0.3 is 0 Å². The van der Waals surface area contributed by atoms with Crippen molar-refractivity contribution < 1.29 is 13.2 Å². The third-order valence-electron chi connectivity index (χ3n) is 5.82. The van der Waals surface area contributed by atoms with Crippen molar-refractivity contribution in [1.29, 1.82) is 0 Å². The number of hydrogen-bond acceptors (Lipinski definition) is 6. The quantitative estimate of drug-likeness (QED) is 0.227. The van der Waals surface area contributed by atoms with E-state index < -0.39 is 10.0 Å². The Labute approximate surface area is 230 Å². The van der Waals surface area contributed by atoms with Gasteiger partial charge in [-0.2, -0.15) is 0 Å². The number of amides is 1. The van der Waals surface area contributed by atoms with E-state index in [9.17, 15) is 13.2 Å². The maximum atomic E-state index is 13.6. The van der Waals surface area contributed by atoms with Crippen LogP contribution in [0.3, 0.4) is 0 Å². The van der Waals surface area contributed by atoms with Crippen LogP contribution in [0, 0.1) is 0 Å². The van der Waals surface area contributed by atoms with E-state index in [1.54, 1.807) is 48.2 Å². The molecule has 0 aliphatic rings. The lowest BCUT2D eigenvalue weighted by atomic mass is 10.2. The maximum absolute atomic E-state index is 13.6. The van der Waals surface area contributed by atoms with Gasteiger partial charge in [-0.1, -0.05) is 45.5 Å². The number of nitrogens with zero attached hydrogens (tertiary/aromatic N) is 4. The van der Waals surface area contributed by atoms with Crippen molar-refractivity contribution >= 4 is 64.2 Å². The smallest absolute Gasteiger partial charge is 0.264 e. The monoisotopic (exact) mass is 600 g/mol. The van der Waals surface area contributed by atoms with E-state index in [-0.39, 0.29) is 10.8 Å². The fourth-order valence-electron chi connectivity index (χ4n) is 3.97. The maximum Gasteiger partial charge on any atom is 0.264 e. The van der Waals surface area contributed by atoms with E-state index in [1.807, 2.05) is 38.4 Å². The molecule has 4 rings (SSSR count). The Morgan fingerprint density at radius 1 is 0.973 bits per heavy atom. The van der Waals surface area contributed by atoms with E-state index in [1.165, 1.54) is 27.8 Å². The molecule has 0 saturated carbocycles. The second-order valence-corrected chi connectivity index (χ2v) is 12.5. The summed E-state index contributed by atoms with van der Waals surface area (Å²) in [6, 6.07) is 21.0. The van der Waals surface area contributed by atoms with Crippen molar-refractivity contribution in [2.45, 2.75) is 18.2 Å². The average molecular weight is 602 g/mol. The number of anilines is 2. The Kier molecular flexibility index (Phi) is 8.63. The SMILES string of the molecule is CCN(c1ccccc1)S(=O)(=O)c1ccc(C(=O)N(CCCN(C)C)c2nc3ccc(Br)cc3s2)cc1. The molecular weight excluding hydrogens is 572 g/mol. The molecule has 0 unspecified atom stereocenters. The van der Waals surface area contributed by atoms with Crippen LogP contribution in [0.2, 0.25) is 0 Å². The van der Waals surface area contributed by atoms with Crippen LogP contribution in [0.1, 0.15) is 23.7 Å². The summed E-state index contributed by atoms with van der Waals surface area (Å²) in [5, 5.41) is 0.620. The minimum Gasteiger partial charge on any atom is -0.309 e. The summed E-state index contributed by atoms with van der Waals surface area (Å²) in [5.74, 6) is -0.212. The first-order valence-electron chi connectivity index (χ1n) is 11.9. The first-order valence-corrected chi connectivity index (χ1v) is 15.0. The van der Waals surface area contributed by atoms with Crippen molar-refractivity contribution in [3.05, 3.63) is 82.8 Å². The molecule has 0 atom stereocenters. The van der Waals surface area contributed by atoms with E-state index in [4.69, 9.17) is 4.98 Å². The predicted octanol–water partition coefficient (Wildman–Crippen LogP) is 5.87. The van der Waals surface area contributed by atoms with E-state index in [0.29, 0.717) is 29.5 Å². The Hall–Kier alpha value is -2.79. The highest BCUT2D eigenvalue weighted by Gasteiger charge is 2.25. The van der Waals surface area contributed by atoms with Crippen molar-refractivity contribution in [2.24, 2.45) is 0 Å². The van der Waals surface area contributed by atoms with Gasteiger partial charge in [-0.3, -0.25) is 14.0 Å². The fourth-order valence-corrected chi connectivity index (χ4v) is 6.98. The molecule has 0 N–H and O–H groups in total. The second-order valence-electron chi connectivity index (χ2n) is 8.75. The second kappa shape index (κ2) is 11.7. The molecule has 1 heterocycles. The number of thiazole rings is 1. The third kappa shape index (κ3) is 6.20. The average Bonchev–Trinajstić information content (AvgIpc) is 3.30. The van der Waals surface area contributed by atoms with Crippen LogP contribution in [0.4, 0.5) is 10.8 Å². The van der Waals surface area contributed by atoms with Crippen LogP contribution in [0.25, 0.3) is 10.2 Å². The Morgan fingerprint density at radius 2 is 1.68 bits per heavy atom. The summed E-state index contributed by atoms with van der Waals surface area (Å²) < 4.78 is 30.0. The number of rotatable bonds is 10. The van der Waals surface area contributed by atoms with Crippen LogP contribution < -0.4 is 9.21 Å². The zero-order chi connectivity index (χ0) is 26.6. The molecule has 4 aromatic rings. The number of carbonyl (C=O) groups excluding carboxylic acids is 1. The molecule has 0 bridgehead atoms. The normalized spacial score (nSPS) is 11.7. The van der Waals surface area contributed by atoms with Crippen molar-refractivity contribution in [2.75, 3.05) is 42.9 Å². The number of benzene rings is 3. The van der Waals surface area contributed by atoms with Crippen molar-refractivity contribution in [1.82, 2.24) is 9.88 Å². The Balaban J connectivity index is 1.63. The minimum absolute atomic E-state index is 0.138. The topological polar surface area (TPSA) is 73.8 Å². The van der Waals surface area contributed by atoms with Crippen LogP contribution >= 0.6 is 27.3 Å². The number of halogens is 1. The number of hydrogen-bond donors (Lipinski definition) is 0. The first-order chi connectivity index (χ1) is 17.7. The van der Waals surface area contributed by atoms with E-state index >= 15 is 0 Å². The Morgan fingerprint density at radius 3 is 2.32 bits per heavy atom. The molecule has 1 aromatic heterocycles. The Bertz CT molecular complexity index is 1470. The van der Waals surface area contributed by atoms with Gasteiger partial charge in [-0.05, 0) is 88.6 Å². The molecule has 0 aliphatic carbocycles. The van der Waals surface area contributed by atoms with Crippen LogP contribution in [0.15, 0.2) is 82.2 Å². The van der Waals surface area contributed by atoms with Gasteiger partial charge < -0.3 is 4.90 Å². The molecule has 7 nitrogen and oxygen atoms in total. The van der Waals surface area contributed by atoms with Crippen LogP contribution in [0.5, 0.6) is 0 Å². The zero-order valence-corrected chi connectivity index (χ0v) is 24.2. The summed E-state index contributed by atoms with van der Waals surface area (Å²) in [6.45, 7) is 3.41. The molecule has 3 aromatic carbocycles. The third-order valence-corrected chi connectivity index (χ3v) is 9.27. The highest BCUT2D eigenvalue weighted by Crippen LogP contribution is 2.32. The molecule has 194 valence electrons. The van der Waals surface area contributed by atoms with Gasteiger partial charge in [0, 0.05) is 23.1 Å². The summed E-state index contributed by atoms with van der Waals surface area (Å²) >= 11 is 4.96. The molecule has 0 fully saturated rings. The van der Waals surface area contributed by atoms with Gasteiger partial charge in [-0.15, -0.1) is 0 Å². The lowest BCUT2D eigenvalue weighted by Crippen LogP contribution is -2.33. The number of para-hydroxylation sites is 1. The van der Waals surface area contributed by atoms with E-state index in [0.717, 1.165) is 27.7 Å². The van der Waals surface area contributed by atoms with Gasteiger partial charge in [0.05, 0.1) is 20.8 Å². The summed E-state index contributed by atoms with van der Waals surface area (Å²) in [7, 11) is 0.215. The molecular formula is C27H29BrN4O3S2. The van der Waals surface area contributed by atoms with Crippen molar-refractivity contribution in [3.63, 3.8) is 0 Å². The largest absolute Gasteiger partial charge is 0.309 e. The summed E-state index contributed by atoms with van der Waals surface area (Å²) in [4.78, 5) is 22.3.